The molecule has 3 aromatic carbocycles. The van der Waals surface area contributed by atoms with Crippen LogP contribution in [0.15, 0.2) is 90.4 Å². The zero-order chi connectivity index (χ0) is 30.6. The fourth-order valence-corrected chi connectivity index (χ4v) is 4.69. The first kappa shape index (κ1) is 29.2. The van der Waals surface area contributed by atoms with Gasteiger partial charge in [0.1, 0.15) is 23.6 Å². The van der Waals surface area contributed by atoms with Gasteiger partial charge in [0.2, 0.25) is 0 Å². The van der Waals surface area contributed by atoms with Gasteiger partial charge < -0.3 is 14.6 Å². The van der Waals surface area contributed by atoms with Crippen LogP contribution in [0.25, 0.3) is 10.9 Å². The summed E-state index contributed by atoms with van der Waals surface area (Å²) < 4.78 is 53.0. The number of hydrogen-bond donors (Lipinski definition) is 2. The number of aromatic nitrogens is 2. The van der Waals surface area contributed by atoms with Crippen molar-refractivity contribution in [3.05, 3.63) is 118 Å². The molecule has 0 fully saturated rings. The van der Waals surface area contributed by atoms with Gasteiger partial charge in [-0.15, -0.1) is 11.3 Å². The van der Waals surface area contributed by atoms with Crippen LogP contribution in [-0.2, 0) is 15.7 Å². The monoisotopic (exact) mass is 607 g/mol. The standard InChI is InChI=1S/C30H20F3N3O6S/c31-30(32,33)20-13-7-12-19-23(20)35-24(22(25(19)37)26(38)36-29-34-14-15-43-29)21(42-28(40)18-10-5-2-6-11-18)16-41-27(39)17-8-3-1-4-9-17/h1-15,21H,16H2,(H,35,37)(H,34,36,38). The number of anilines is 1. The van der Waals surface area contributed by atoms with Crippen LogP contribution in [-0.4, -0.2) is 39.5 Å². The number of pyridine rings is 1. The fourth-order valence-electron chi connectivity index (χ4n) is 4.17. The molecule has 1 amide bonds. The summed E-state index contributed by atoms with van der Waals surface area (Å²) in [7, 11) is 0. The lowest BCUT2D eigenvalue weighted by Crippen LogP contribution is -2.24. The van der Waals surface area contributed by atoms with Crippen LogP contribution in [0, 0.1) is 0 Å². The van der Waals surface area contributed by atoms with E-state index in [0.717, 1.165) is 29.5 Å². The molecule has 0 saturated heterocycles. The largest absolute Gasteiger partial charge is 0.506 e. The van der Waals surface area contributed by atoms with Gasteiger partial charge in [0.15, 0.2) is 11.2 Å². The maximum absolute atomic E-state index is 14.0. The number of para-hydroxylation sites is 1. The molecule has 1 unspecified atom stereocenters. The second-order valence-corrected chi connectivity index (χ2v) is 9.83. The molecule has 0 saturated carbocycles. The fraction of sp³-hybridized carbons (Fsp3) is 0.100. The summed E-state index contributed by atoms with van der Waals surface area (Å²) in [5.74, 6) is -3.63. The van der Waals surface area contributed by atoms with Gasteiger partial charge in [-0.05, 0) is 36.4 Å². The molecule has 0 bridgehead atoms. The van der Waals surface area contributed by atoms with Gasteiger partial charge >= 0.3 is 18.1 Å². The Morgan fingerprint density at radius 3 is 2.16 bits per heavy atom. The van der Waals surface area contributed by atoms with Crippen molar-refractivity contribution in [3.63, 3.8) is 0 Å². The van der Waals surface area contributed by atoms with E-state index in [9.17, 15) is 32.7 Å². The van der Waals surface area contributed by atoms with E-state index >= 15 is 0 Å². The number of aromatic hydroxyl groups is 1. The van der Waals surface area contributed by atoms with E-state index in [1.807, 2.05) is 0 Å². The van der Waals surface area contributed by atoms with Gasteiger partial charge in [0.05, 0.1) is 22.2 Å². The van der Waals surface area contributed by atoms with Gasteiger partial charge in [0, 0.05) is 17.0 Å². The minimum absolute atomic E-state index is 0.0664. The molecule has 218 valence electrons. The van der Waals surface area contributed by atoms with Crippen LogP contribution < -0.4 is 5.32 Å². The third kappa shape index (κ3) is 6.46. The van der Waals surface area contributed by atoms with Gasteiger partial charge in [-0.1, -0.05) is 42.5 Å². The molecular weight excluding hydrogens is 587 g/mol. The number of nitrogens with zero attached hydrogens (tertiary/aromatic N) is 2. The SMILES string of the molecule is O=C(OCC(OC(=O)c1ccccc1)c1nc2c(C(F)(F)F)cccc2c(O)c1C(=O)Nc1nccs1)c1ccccc1. The van der Waals surface area contributed by atoms with Crippen molar-refractivity contribution >= 4 is 45.2 Å². The molecule has 0 aliphatic carbocycles. The van der Waals surface area contributed by atoms with Gasteiger partial charge in [0.25, 0.3) is 5.91 Å². The van der Waals surface area contributed by atoms with Gasteiger partial charge in [-0.2, -0.15) is 13.2 Å². The van der Waals surface area contributed by atoms with Crippen LogP contribution in [0.3, 0.4) is 0 Å². The minimum Gasteiger partial charge on any atom is -0.506 e. The number of benzene rings is 3. The Kier molecular flexibility index (Phi) is 8.34. The van der Waals surface area contributed by atoms with Crippen molar-refractivity contribution in [2.24, 2.45) is 0 Å². The highest BCUT2D eigenvalue weighted by molar-refractivity contribution is 7.13. The Hall–Kier alpha value is -5.30. The van der Waals surface area contributed by atoms with Crippen molar-refractivity contribution in [3.8, 4) is 5.75 Å². The third-order valence-corrected chi connectivity index (χ3v) is 6.83. The van der Waals surface area contributed by atoms with Crippen LogP contribution in [0.4, 0.5) is 18.3 Å². The van der Waals surface area contributed by atoms with E-state index in [0.29, 0.717) is 0 Å². The molecule has 0 aliphatic heterocycles. The number of carbonyl (C=O) groups is 3. The number of nitrogens with one attached hydrogen (secondary N) is 1. The third-order valence-electron chi connectivity index (χ3n) is 6.14. The molecule has 5 rings (SSSR count). The number of rotatable bonds is 8. The maximum atomic E-state index is 14.0. The van der Waals surface area contributed by atoms with Crippen molar-refractivity contribution in [2.75, 3.05) is 11.9 Å². The second kappa shape index (κ2) is 12.3. The summed E-state index contributed by atoms with van der Waals surface area (Å²) in [5.41, 5.74) is -2.86. The Balaban J connectivity index is 1.66. The van der Waals surface area contributed by atoms with Crippen LogP contribution in [0.5, 0.6) is 5.75 Å². The van der Waals surface area contributed by atoms with Crippen LogP contribution in [0.2, 0.25) is 0 Å². The normalized spacial score (nSPS) is 12.0. The zero-order valence-electron chi connectivity index (χ0n) is 21.9. The summed E-state index contributed by atoms with van der Waals surface area (Å²) >= 11 is 1.05. The second-order valence-electron chi connectivity index (χ2n) is 8.94. The first-order chi connectivity index (χ1) is 20.6. The number of carbonyl (C=O) groups excluding carboxylic acids is 3. The van der Waals surface area contributed by atoms with E-state index in [1.165, 1.54) is 30.5 Å². The molecule has 1 atom stereocenters. The number of fused-ring (bicyclic) bond motifs is 1. The van der Waals surface area contributed by atoms with Gasteiger partial charge in [-0.25, -0.2) is 19.6 Å². The van der Waals surface area contributed by atoms with Gasteiger partial charge in [-0.3, -0.25) is 10.1 Å². The number of esters is 2. The molecule has 2 heterocycles. The lowest BCUT2D eigenvalue weighted by Gasteiger charge is -2.22. The molecule has 5 aromatic rings. The van der Waals surface area contributed by atoms with E-state index in [-0.39, 0.29) is 21.6 Å². The molecule has 0 aliphatic rings. The van der Waals surface area contributed by atoms with Crippen molar-refractivity contribution in [1.29, 1.82) is 0 Å². The Morgan fingerprint density at radius 2 is 1.56 bits per heavy atom. The van der Waals surface area contributed by atoms with E-state index in [2.05, 4.69) is 15.3 Å². The Labute approximate surface area is 245 Å². The maximum Gasteiger partial charge on any atom is 0.418 e. The highest BCUT2D eigenvalue weighted by Gasteiger charge is 2.37. The number of amides is 1. The van der Waals surface area contributed by atoms with Crippen molar-refractivity contribution in [1.82, 2.24) is 9.97 Å². The number of hydrogen-bond acceptors (Lipinski definition) is 9. The smallest absolute Gasteiger partial charge is 0.418 e. The molecule has 0 radical (unpaired) electrons. The van der Waals surface area contributed by atoms with Crippen LogP contribution >= 0.6 is 11.3 Å². The zero-order valence-corrected chi connectivity index (χ0v) is 22.7. The van der Waals surface area contributed by atoms with E-state index < -0.39 is 64.8 Å². The quantitative estimate of drug-likeness (QED) is 0.193. The highest BCUT2D eigenvalue weighted by atomic mass is 32.1. The first-order valence-electron chi connectivity index (χ1n) is 12.6. The average molecular weight is 608 g/mol. The van der Waals surface area contributed by atoms with Crippen molar-refractivity contribution < 1.29 is 42.1 Å². The van der Waals surface area contributed by atoms with Crippen LogP contribution in [0.1, 0.15) is 48.4 Å². The minimum atomic E-state index is -4.89. The summed E-state index contributed by atoms with van der Waals surface area (Å²) in [6.45, 7) is -0.754. The summed E-state index contributed by atoms with van der Waals surface area (Å²) in [5, 5.41) is 15.0. The molecule has 13 heteroatoms. The molecule has 43 heavy (non-hydrogen) atoms. The number of alkyl halides is 3. The summed E-state index contributed by atoms with van der Waals surface area (Å²) in [4.78, 5) is 47.4. The summed E-state index contributed by atoms with van der Waals surface area (Å²) in [6.07, 6.45) is -5.21. The average Bonchev–Trinajstić information content (AvgIpc) is 3.52. The predicted octanol–water partition coefficient (Wildman–Crippen LogP) is 6.42. The lowest BCUT2D eigenvalue weighted by molar-refractivity contribution is -0.136. The lowest BCUT2D eigenvalue weighted by atomic mass is 10.0. The molecule has 9 nitrogen and oxygen atoms in total. The number of ether oxygens (including phenoxy) is 2. The topological polar surface area (TPSA) is 128 Å². The highest BCUT2D eigenvalue weighted by Crippen LogP contribution is 2.40. The molecule has 2 N–H and O–H groups in total. The number of halogens is 3. The van der Waals surface area contributed by atoms with E-state index in [4.69, 9.17) is 9.47 Å². The summed E-state index contributed by atoms with van der Waals surface area (Å²) in [6, 6.07) is 18.4. The van der Waals surface area contributed by atoms with E-state index in [1.54, 1.807) is 41.8 Å². The Morgan fingerprint density at radius 1 is 0.907 bits per heavy atom. The molecule has 0 spiro atoms. The van der Waals surface area contributed by atoms with Crippen molar-refractivity contribution in [2.45, 2.75) is 12.3 Å². The molecule has 2 aromatic heterocycles. The Bertz CT molecular complexity index is 1780. The predicted molar refractivity (Wildman–Crippen MR) is 150 cm³/mol. The number of thiazole rings is 1. The molecular formula is C30H20F3N3O6S. The first-order valence-corrected chi connectivity index (χ1v) is 13.4.